The van der Waals surface area contributed by atoms with Crippen LogP contribution in [0.4, 0.5) is 4.39 Å². The molecule has 0 spiro atoms. The van der Waals surface area contributed by atoms with Crippen LogP contribution in [0.3, 0.4) is 0 Å². The highest BCUT2D eigenvalue weighted by Gasteiger charge is 2.07. The van der Waals surface area contributed by atoms with E-state index in [0.717, 1.165) is 12.2 Å². The van der Waals surface area contributed by atoms with E-state index in [-0.39, 0.29) is 5.82 Å². The molecule has 1 atom stereocenters. The maximum atomic E-state index is 12.7. The molecule has 0 radical (unpaired) electrons. The summed E-state index contributed by atoms with van der Waals surface area (Å²) in [6.07, 6.45) is 1.00. The predicted octanol–water partition coefficient (Wildman–Crippen LogP) is 3.81. The van der Waals surface area contributed by atoms with Gasteiger partial charge in [0, 0.05) is 5.92 Å². The molecule has 0 fully saturated rings. The summed E-state index contributed by atoms with van der Waals surface area (Å²) in [7, 11) is 0. The first kappa shape index (κ1) is 12.7. The van der Waals surface area contributed by atoms with E-state index in [1.54, 1.807) is 6.07 Å². The van der Waals surface area contributed by atoms with E-state index in [1.807, 2.05) is 0 Å². The standard InChI is InChI=1S/C11H14ClFOS/c1-2-8(7-15)6-14-11-4-3-9(13)5-10(11)12/h3-5,8,15H,2,6-7H2,1H3. The maximum Gasteiger partial charge on any atom is 0.138 e. The molecule has 0 bridgehead atoms. The first-order valence-corrected chi connectivity index (χ1v) is 5.87. The molecule has 0 amide bonds. The van der Waals surface area contributed by atoms with Crippen LogP contribution in [0.25, 0.3) is 0 Å². The predicted molar refractivity (Wildman–Crippen MR) is 64.5 cm³/mol. The quantitative estimate of drug-likeness (QED) is 0.780. The number of hydrogen-bond acceptors (Lipinski definition) is 2. The Morgan fingerprint density at radius 3 is 2.80 bits per heavy atom. The smallest absolute Gasteiger partial charge is 0.138 e. The lowest BCUT2D eigenvalue weighted by Crippen LogP contribution is -2.12. The Morgan fingerprint density at radius 1 is 1.53 bits per heavy atom. The van der Waals surface area contributed by atoms with Gasteiger partial charge in [0.05, 0.1) is 11.6 Å². The van der Waals surface area contributed by atoms with Gasteiger partial charge in [-0.3, -0.25) is 0 Å². The van der Waals surface area contributed by atoms with Gasteiger partial charge >= 0.3 is 0 Å². The molecule has 1 rings (SSSR count). The molecule has 1 aromatic carbocycles. The monoisotopic (exact) mass is 248 g/mol. The van der Waals surface area contributed by atoms with Crippen molar-refractivity contribution in [1.82, 2.24) is 0 Å². The van der Waals surface area contributed by atoms with Gasteiger partial charge in [0.15, 0.2) is 0 Å². The van der Waals surface area contributed by atoms with Crippen molar-refractivity contribution in [3.05, 3.63) is 29.0 Å². The van der Waals surface area contributed by atoms with Crippen LogP contribution in [0.1, 0.15) is 13.3 Å². The molecule has 0 saturated heterocycles. The van der Waals surface area contributed by atoms with Crippen molar-refractivity contribution >= 4 is 24.2 Å². The zero-order chi connectivity index (χ0) is 11.3. The minimum atomic E-state index is -0.353. The fourth-order valence-electron chi connectivity index (χ4n) is 1.10. The Kier molecular flexibility index (Phi) is 5.26. The van der Waals surface area contributed by atoms with Gasteiger partial charge in [-0.05, 0) is 30.4 Å². The SMILES string of the molecule is CCC(CS)COc1ccc(F)cc1Cl. The first-order chi connectivity index (χ1) is 7.17. The first-order valence-electron chi connectivity index (χ1n) is 4.86. The largest absolute Gasteiger partial charge is 0.492 e. The molecule has 0 aliphatic carbocycles. The van der Waals surface area contributed by atoms with E-state index in [9.17, 15) is 4.39 Å². The average molecular weight is 249 g/mol. The summed E-state index contributed by atoms with van der Waals surface area (Å²) in [5.74, 6) is 1.34. The summed E-state index contributed by atoms with van der Waals surface area (Å²) in [5, 5.41) is 0.309. The molecular formula is C11H14ClFOS. The summed E-state index contributed by atoms with van der Waals surface area (Å²) in [4.78, 5) is 0. The van der Waals surface area contributed by atoms with Gasteiger partial charge in [-0.25, -0.2) is 4.39 Å². The van der Waals surface area contributed by atoms with Gasteiger partial charge in [-0.2, -0.15) is 12.6 Å². The number of rotatable bonds is 5. The number of thiol groups is 1. The number of hydrogen-bond donors (Lipinski definition) is 1. The fourth-order valence-corrected chi connectivity index (χ4v) is 1.68. The van der Waals surface area contributed by atoms with Crippen LogP contribution in [0.5, 0.6) is 5.75 Å². The van der Waals surface area contributed by atoms with Gasteiger partial charge < -0.3 is 4.74 Å². The van der Waals surface area contributed by atoms with Gasteiger partial charge in [-0.1, -0.05) is 18.5 Å². The van der Waals surface area contributed by atoms with Crippen LogP contribution in [0.15, 0.2) is 18.2 Å². The normalized spacial score (nSPS) is 12.5. The molecule has 0 aromatic heterocycles. The highest BCUT2D eigenvalue weighted by Crippen LogP contribution is 2.25. The Hall–Kier alpha value is -0.410. The zero-order valence-corrected chi connectivity index (χ0v) is 10.2. The lowest BCUT2D eigenvalue weighted by molar-refractivity contribution is 0.259. The molecule has 0 aliphatic heterocycles. The number of benzene rings is 1. The second-order valence-electron chi connectivity index (χ2n) is 3.34. The van der Waals surface area contributed by atoms with E-state index < -0.39 is 0 Å². The van der Waals surface area contributed by atoms with E-state index in [1.165, 1.54) is 12.1 Å². The third-order valence-corrected chi connectivity index (χ3v) is 3.02. The molecule has 1 nitrogen and oxygen atoms in total. The third kappa shape index (κ3) is 3.92. The highest BCUT2D eigenvalue weighted by molar-refractivity contribution is 7.80. The van der Waals surface area contributed by atoms with Crippen molar-refractivity contribution in [2.45, 2.75) is 13.3 Å². The average Bonchev–Trinajstić information content (AvgIpc) is 2.22. The summed E-state index contributed by atoms with van der Waals surface area (Å²) >= 11 is 10.0. The molecule has 84 valence electrons. The minimum Gasteiger partial charge on any atom is -0.492 e. The molecule has 0 saturated carbocycles. The minimum absolute atomic E-state index is 0.309. The number of ether oxygens (including phenoxy) is 1. The van der Waals surface area contributed by atoms with Crippen molar-refractivity contribution in [1.29, 1.82) is 0 Å². The molecule has 1 unspecified atom stereocenters. The Balaban J connectivity index is 2.57. The Morgan fingerprint density at radius 2 is 2.27 bits per heavy atom. The van der Waals surface area contributed by atoms with Crippen LogP contribution >= 0.6 is 24.2 Å². The van der Waals surface area contributed by atoms with Crippen LogP contribution < -0.4 is 4.74 Å². The van der Waals surface area contributed by atoms with Crippen molar-refractivity contribution < 1.29 is 9.13 Å². The highest BCUT2D eigenvalue weighted by atomic mass is 35.5. The van der Waals surface area contributed by atoms with Gasteiger partial charge in [0.25, 0.3) is 0 Å². The van der Waals surface area contributed by atoms with E-state index in [0.29, 0.717) is 23.3 Å². The maximum absolute atomic E-state index is 12.7. The van der Waals surface area contributed by atoms with Crippen LogP contribution in [0, 0.1) is 11.7 Å². The molecule has 15 heavy (non-hydrogen) atoms. The number of halogens is 2. The molecular weight excluding hydrogens is 235 g/mol. The van der Waals surface area contributed by atoms with Crippen molar-refractivity contribution in [3.8, 4) is 5.75 Å². The molecule has 0 heterocycles. The summed E-state index contributed by atoms with van der Waals surface area (Å²) < 4.78 is 18.2. The van der Waals surface area contributed by atoms with Crippen LogP contribution in [0.2, 0.25) is 5.02 Å². The molecule has 4 heteroatoms. The van der Waals surface area contributed by atoms with Crippen molar-refractivity contribution in [2.75, 3.05) is 12.4 Å². The van der Waals surface area contributed by atoms with E-state index in [2.05, 4.69) is 19.6 Å². The summed E-state index contributed by atoms with van der Waals surface area (Å²) in [5.41, 5.74) is 0. The second-order valence-corrected chi connectivity index (χ2v) is 4.11. The van der Waals surface area contributed by atoms with E-state index in [4.69, 9.17) is 16.3 Å². The van der Waals surface area contributed by atoms with Crippen molar-refractivity contribution in [3.63, 3.8) is 0 Å². The Labute approximate surface area is 100.0 Å². The van der Waals surface area contributed by atoms with E-state index >= 15 is 0 Å². The molecule has 0 aliphatic rings. The summed E-state index contributed by atoms with van der Waals surface area (Å²) in [6.45, 7) is 2.64. The second kappa shape index (κ2) is 6.23. The van der Waals surface area contributed by atoms with Crippen LogP contribution in [-0.4, -0.2) is 12.4 Å². The molecule has 1 aromatic rings. The topological polar surface area (TPSA) is 9.23 Å². The molecule has 0 N–H and O–H groups in total. The van der Waals surface area contributed by atoms with Crippen molar-refractivity contribution in [2.24, 2.45) is 5.92 Å². The summed E-state index contributed by atoms with van der Waals surface area (Å²) in [6, 6.07) is 4.13. The van der Waals surface area contributed by atoms with Gasteiger partial charge in [0.2, 0.25) is 0 Å². The Bertz CT molecular complexity index is 315. The zero-order valence-electron chi connectivity index (χ0n) is 8.54. The van der Waals surface area contributed by atoms with Gasteiger partial charge in [0.1, 0.15) is 11.6 Å². The lowest BCUT2D eigenvalue weighted by Gasteiger charge is -2.14. The third-order valence-electron chi connectivity index (χ3n) is 2.20. The lowest BCUT2D eigenvalue weighted by atomic mass is 10.1. The fraction of sp³-hybridized carbons (Fsp3) is 0.455. The van der Waals surface area contributed by atoms with Gasteiger partial charge in [-0.15, -0.1) is 0 Å². The van der Waals surface area contributed by atoms with Crippen LogP contribution in [-0.2, 0) is 0 Å².